The molecule has 2 aromatic carbocycles. The Morgan fingerprint density at radius 2 is 1.92 bits per heavy atom. The zero-order chi connectivity index (χ0) is 17.2. The van der Waals surface area contributed by atoms with E-state index >= 15 is 0 Å². The topological polar surface area (TPSA) is 24.5 Å². The van der Waals surface area contributed by atoms with Gasteiger partial charge in [0.15, 0.2) is 0 Å². The molecule has 2 saturated heterocycles. The minimum absolute atomic E-state index is 0.0669. The van der Waals surface area contributed by atoms with Crippen LogP contribution in [0.1, 0.15) is 24.3 Å². The number of piperidine rings is 1. The van der Waals surface area contributed by atoms with Gasteiger partial charge in [0.05, 0.1) is 11.2 Å². The van der Waals surface area contributed by atoms with Crippen molar-refractivity contribution in [2.24, 2.45) is 0 Å². The fraction of sp³-hybridized carbons (Fsp3) is 0.368. The first-order valence-corrected chi connectivity index (χ1v) is 9.91. The van der Waals surface area contributed by atoms with E-state index in [2.05, 4.69) is 21.8 Å². The molecule has 1 unspecified atom stereocenters. The fourth-order valence-corrected chi connectivity index (χ4v) is 4.69. The quantitative estimate of drug-likeness (QED) is 0.757. The molecule has 2 fully saturated rings. The molecule has 0 amide bonds. The molecule has 0 aromatic heterocycles. The first-order chi connectivity index (χ1) is 12.2. The third kappa shape index (κ3) is 3.80. The van der Waals surface area contributed by atoms with Crippen molar-refractivity contribution in [3.05, 3.63) is 58.9 Å². The molecule has 4 rings (SSSR count). The second-order valence-electron chi connectivity index (χ2n) is 6.44. The molecule has 0 bridgehead atoms. The van der Waals surface area contributed by atoms with E-state index in [0.717, 1.165) is 18.0 Å². The van der Waals surface area contributed by atoms with Crippen LogP contribution < -0.4 is 9.46 Å². The Hall–Kier alpha value is -1.27. The molecular formula is C19H20ClFN2OS. The van der Waals surface area contributed by atoms with Crippen LogP contribution in [-0.2, 0) is 0 Å². The van der Waals surface area contributed by atoms with Crippen molar-refractivity contribution in [3.63, 3.8) is 0 Å². The van der Waals surface area contributed by atoms with Crippen molar-refractivity contribution < 1.29 is 9.13 Å². The monoisotopic (exact) mass is 378 g/mol. The highest BCUT2D eigenvalue weighted by atomic mass is 35.5. The molecule has 3 nitrogen and oxygen atoms in total. The predicted molar refractivity (Wildman–Crippen MR) is 101 cm³/mol. The van der Waals surface area contributed by atoms with Crippen molar-refractivity contribution >= 4 is 23.5 Å². The third-order valence-corrected chi connectivity index (χ3v) is 5.94. The zero-order valence-corrected chi connectivity index (χ0v) is 15.3. The molecule has 1 N–H and O–H groups in total. The zero-order valence-electron chi connectivity index (χ0n) is 13.8. The summed E-state index contributed by atoms with van der Waals surface area (Å²) in [6, 6.07) is 12.6. The van der Waals surface area contributed by atoms with Gasteiger partial charge in [0, 0.05) is 24.3 Å². The van der Waals surface area contributed by atoms with Gasteiger partial charge in [0.1, 0.15) is 17.3 Å². The Balaban J connectivity index is 1.48. The van der Waals surface area contributed by atoms with Crippen LogP contribution in [0.25, 0.3) is 0 Å². The first kappa shape index (κ1) is 17.2. The summed E-state index contributed by atoms with van der Waals surface area (Å²) in [5.41, 5.74) is 1.33. The summed E-state index contributed by atoms with van der Waals surface area (Å²) in [4.78, 5) is 2.55. The van der Waals surface area contributed by atoms with Gasteiger partial charge in [0.25, 0.3) is 0 Å². The highest BCUT2D eigenvalue weighted by Gasteiger charge is 2.34. The molecular weight excluding hydrogens is 359 g/mol. The Labute approximate surface area is 156 Å². The lowest BCUT2D eigenvalue weighted by atomic mass is 9.87. The summed E-state index contributed by atoms with van der Waals surface area (Å²) in [5, 5.41) is 0.0669. The van der Waals surface area contributed by atoms with Crippen LogP contribution in [0.4, 0.5) is 4.39 Å². The maximum absolute atomic E-state index is 13.2. The molecule has 0 radical (unpaired) electrons. The Morgan fingerprint density at radius 1 is 1.12 bits per heavy atom. The predicted octanol–water partition coefficient (Wildman–Crippen LogP) is 5.03. The second kappa shape index (κ2) is 7.54. The third-order valence-electron chi connectivity index (χ3n) is 4.85. The van der Waals surface area contributed by atoms with E-state index in [1.807, 2.05) is 24.1 Å². The number of hydrogen-bond acceptors (Lipinski definition) is 4. The van der Waals surface area contributed by atoms with E-state index in [9.17, 15) is 4.39 Å². The van der Waals surface area contributed by atoms with Crippen molar-refractivity contribution in [1.29, 1.82) is 0 Å². The lowest BCUT2D eigenvalue weighted by molar-refractivity contribution is 0.121. The maximum Gasteiger partial charge on any atom is 0.142 e. The lowest BCUT2D eigenvalue weighted by Crippen LogP contribution is -2.54. The lowest BCUT2D eigenvalue weighted by Gasteiger charge is -2.44. The van der Waals surface area contributed by atoms with Crippen molar-refractivity contribution in [3.8, 4) is 11.5 Å². The summed E-state index contributed by atoms with van der Waals surface area (Å²) < 4.78 is 22.6. The molecule has 25 heavy (non-hydrogen) atoms. The van der Waals surface area contributed by atoms with Gasteiger partial charge in [-0.05, 0) is 49.2 Å². The second-order valence-corrected chi connectivity index (χ2v) is 7.78. The number of rotatable bonds is 3. The first-order valence-electron chi connectivity index (χ1n) is 8.55. The van der Waals surface area contributed by atoms with E-state index in [1.54, 1.807) is 6.07 Å². The van der Waals surface area contributed by atoms with Gasteiger partial charge in [-0.1, -0.05) is 35.7 Å². The van der Waals surface area contributed by atoms with Crippen LogP contribution in [0.2, 0.25) is 5.02 Å². The SMILES string of the molecule is Fc1ccc(Oc2ccc([C@@H]3CCCN4CCSNC34)cc2)cc1Cl. The molecule has 132 valence electrons. The van der Waals surface area contributed by atoms with Crippen molar-refractivity contribution in [1.82, 2.24) is 9.62 Å². The van der Waals surface area contributed by atoms with Crippen LogP contribution >= 0.6 is 23.5 Å². The smallest absolute Gasteiger partial charge is 0.142 e. The van der Waals surface area contributed by atoms with Gasteiger partial charge in [-0.2, -0.15) is 0 Å². The Morgan fingerprint density at radius 3 is 2.72 bits per heavy atom. The van der Waals surface area contributed by atoms with Gasteiger partial charge in [0.2, 0.25) is 0 Å². The average molecular weight is 379 g/mol. The van der Waals surface area contributed by atoms with E-state index in [-0.39, 0.29) is 5.02 Å². The number of nitrogens with one attached hydrogen (secondary N) is 1. The molecule has 0 saturated carbocycles. The number of halogens is 2. The molecule has 2 heterocycles. The van der Waals surface area contributed by atoms with Gasteiger partial charge in [-0.3, -0.25) is 4.90 Å². The Bertz CT molecular complexity index is 741. The maximum atomic E-state index is 13.2. The molecule has 2 aliphatic rings. The molecule has 2 aliphatic heterocycles. The standard InChI is InChI=1S/C19H20ClFN2OS/c20-17-12-15(7-8-18(17)21)24-14-5-3-13(4-6-14)16-2-1-9-23-10-11-25-22-19(16)23/h3-8,12,16,19,22H,1-2,9-11H2/t16-,19?/m0/s1. The number of nitrogens with zero attached hydrogens (tertiary/aromatic N) is 1. The molecule has 0 spiro atoms. The van der Waals surface area contributed by atoms with Gasteiger partial charge in [-0.15, -0.1) is 0 Å². The van der Waals surface area contributed by atoms with E-state index in [0.29, 0.717) is 17.8 Å². The average Bonchev–Trinajstić information content (AvgIpc) is 2.65. The summed E-state index contributed by atoms with van der Waals surface area (Å²) in [6.45, 7) is 2.34. The summed E-state index contributed by atoms with van der Waals surface area (Å²) in [5.74, 6) is 2.47. The van der Waals surface area contributed by atoms with Gasteiger partial charge >= 0.3 is 0 Å². The van der Waals surface area contributed by atoms with Crippen LogP contribution in [-0.4, -0.2) is 29.9 Å². The summed E-state index contributed by atoms with van der Waals surface area (Å²) in [7, 11) is 0. The van der Waals surface area contributed by atoms with Gasteiger partial charge < -0.3 is 4.74 Å². The highest BCUT2D eigenvalue weighted by Crippen LogP contribution is 2.35. The van der Waals surface area contributed by atoms with Crippen molar-refractivity contribution in [2.75, 3.05) is 18.8 Å². The number of fused-ring (bicyclic) bond motifs is 1. The minimum atomic E-state index is -0.441. The molecule has 6 heteroatoms. The minimum Gasteiger partial charge on any atom is -0.457 e. The van der Waals surface area contributed by atoms with Crippen LogP contribution in [0.5, 0.6) is 11.5 Å². The summed E-state index contributed by atoms with van der Waals surface area (Å²) >= 11 is 7.63. The summed E-state index contributed by atoms with van der Waals surface area (Å²) in [6.07, 6.45) is 2.85. The fourth-order valence-electron chi connectivity index (χ4n) is 3.59. The Kier molecular flexibility index (Phi) is 5.17. The molecule has 2 aromatic rings. The number of ether oxygens (including phenoxy) is 1. The van der Waals surface area contributed by atoms with Crippen LogP contribution in [0.3, 0.4) is 0 Å². The van der Waals surface area contributed by atoms with Crippen LogP contribution in [0.15, 0.2) is 42.5 Å². The number of benzene rings is 2. The van der Waals surface area contributed by atoms with E-state index < -0.39 is 5.82 Å². The normalized spacial score (nSPS) is 23.9. The largest absolute Gasteiger partial charge is 0.457 e. The van der Waals surface area contributed by atoms with Gasteiger partial charge in [-0.25, -0.2) is 9.11 Å². The highest BCUT2D eigenvalue weighted by molar-refractivity contribution is 7.97. The van der Waals surface area contributed by atoms with Crippen molar-refractivity contribution in [2.45, 2.75) is 24.9 Å². The van der Waals surface area contributed by atoms with Crippen LogP contribution in [0, 0.1) is 5.82 Å². The van der Waals surface area contributed by atoms with E-state index in [1.165, 1.54) is 37.1 Å². The molecule has 0 aliphatic carbocycles. The number of hydrogen-bond donors (Lipinski definition) is 1. The molecule has 2 atom stereocenters. The van der Waals surface area contributed by atoms with E-state index in [4.69, 9.17) is 16.3 Å².